The third-order valence-corrected chi connectivity index (χ3v) is 4.51. The molecule has 0 saturated heterocycles. The molecule has 3 rings (SSSR count). The summed E-state index contributed by atoms with van der Waals surface area (Å²) in [6.45, 7) is 1.36. The highest BCUT2D eigenvalue weighted by molar-refractivity contribution is 7.80. The van der Waals surface area contributed by atoms with Crippen LogP contribution in [-0.4, -0.2) is 22.3 Å². The van der Waals surface area contributed by atoms with Gasteiger partial charge in [0.2, 0.25) is 0 Å². The predicted molar refractivity (Wildman–Crippen MR) is 116 cm³/mol. The van der Waals surface area contributed by atoms with Gasteiger partial charge in [0.15, 0.2) is 10.2 Å². The molecule has 1 aromatic carbocycles. The van der Waals surface area contributed by atoms with E-state index in [0.717, 1.165) is 0 Å². The van der Waals surface area contributed by atoms with Crippen molar-refractivity contribution in [2.24, 2.45) is 0 Å². The molecule has 0 aliphatic heterocycles. The Bertz CT molecular complexity index is 695. The molecule has 4 nitrogen and oxygen atoms in total. The van der Waals surface area contributed by atoms with Gasteiger partial charge in [-0.15, -0.1) is 0 Å². The highest BCUT2D eigenvalue weighted by atomic mass is 32.1. The molecular weight excluding hydrogens is 360 g/mol. The van der Waals surface area contributed by atoms with E-state index in [1.165, 1.54) is 11.1 Å². The van der Waals surface area contributed by atoms with Crippen LogP contribution in [0.15, 0.2) is 72.9 Å². The standard InChI is InChI=1S/C20H22N4S2/c25-19(23-17-8-1-2-9-17)21-13-15-6-5-7-16(12-15)14-22-20(26)24-18-10-3-4-11-18/h1-12,17-18H,13-14H2,(H2,21,23,25)(H2,22,24,26). The average Bonchev–Trinajstić information content (AvgIpc) is 3.33. The van der Waals surface area contributed by atoms with Crippen LogP contribution < -0.4 is 21.3 Å². The SMILES string of the molecule is S=C(NCc1cccc(CNC(=S)NC2C=CC=C2)c1)NC1C=CC=C1. The molecule has 4 N–H and O–H groups in total. The molecule has 0 bridgehead atoms. The van der Waals surface area contributed by atoms with Gasteiger partial charge in [0.05, 0.1) is 12.1 Å². The van der Waals surface area contributed by atoms with Crippen molar-refractivity contribution < 1.29 is 0 Å². The zero-order valence-corrected chi connectivity index (χ0v) is 15.9. The maximum absolute atomic E-state index is 5.34. The molecule has 2 aliphatic rings. The largest absolute Gasteiger partial charge is 0.359 e. The molecule has 26 heavy (non-hydrogen) atoms. The summed E-state index contributed by atoms with van der Waals surface area (Å²) in [6, 6.07) is 8.73. The van der Waals surface area contributed by atoms with E-state index < -0.39 is 0 Å². The summed E-state index contributed by atoms with van der Waals surface area (Å²) >= 11 is 10.7. The van der Waals surface area contributed by atoms with E-state index in [4.69, 9.17) is 24.4 Å². The molecular formula is C20H22N4S2. The minimum Gasteiger partial charge on any atom is -0.359 e. The van der Waals surface area contributed by atoms with Crippen molar-refractivity contribution in [2.45, 2.75) is 25.2 Å². The molecule has 0 aromatic heterocycles. The van der Waals surface area contributed by atoms with Crippen LogP contribution in [0.2, 0.25) is 0 Å². The Kier molecular flexibility index (Phi) is 6.57. The van der Waals surface area contributed by atoms with E-state index in [-0.39, 0.29) is 12.1 Å². The van der Waals surface area contributed by atoms with Crippen molar-refractivity contribution in [1.29, 1.82) is 0 Å². The first-order valence-corrected chi connectivity index (χ1v) is 9.37. The molecule has 0 radical (unpaired) electrons. The molecule has 0 amide bonds. The Hall–Kier alpha value is -2.44. The fraction of sp³-hybridized carbons (Fsp3) is 0.200. The summed E-state index contributed by atoms with van der Waals surface area (Å²) in [7, 11) is 0. The molecule has 0 heterocycles. The first kappa shape index (κ1) is 18.4. The Morgan fingerprint density at radius 3 is 1.58 bits per heavy atom. The molecule has 134 valence electrons. The Morgan fingerprint density at radius 1 is 0.731 bits per heavy atom. The third-order valence-electron chi connectivity index (χ3n) is 3.99. The van der Waals surface area contributed by atoms with Crippen LogP contribution in [0.1, 0.15) is 11.1 Å². The lowest BCUT2D eigenvalue weighted by Crippen LogP contribution is -2.39. The number of thiocarbonyl (C=S) groups is 2. The van der Waals surface area contributed by atoms with Gasteiger partial charge in [-0.1, -0.05) is 72.9 Å². The van der Waals surface area contributed by atoms with Crippen LogP contribution in [0.5, 0.6) is 0 Å². The van der Waals surface area contributed by atoms with Crippen LogP contribution in [0.4, 0.5) is 0 Å². The molecule has 1 aromatic rings. The number of benzene rings is 1. The van der Waals surface area contributed by atoms with Crippen molar-refractivity contribution in [3.8, 4) is 0 Å². The van der Waals surface area contributed by atoms with E-state index >= 15 is 0 Å². The maximum atomic E-state index is 5.34. The van der Waals surface area contributed by atoms with Crippen molar-refractivity contribution in [1.82, 2.24) is 21.3 Å². The minimum atomic E-state index is 0.184. The highest BCUT2D eigenvalue weighted by Gasteiger charge is 2.06. The zero-order chi connectivity index (χ0) is 18.2. The van der Waals surface area contributed by atoms with E-state index in [2.05, 4.69) is 63.8 Å². The van der Waals surface area contributed by atoms with Crippen LogP contribution in [0.3, 0.4) is 0 Å². The van der Waals surface area contributed by atoms with Crippen LogP contribution in [-0.2, 0) is 13.1 Å². The van der Waals surface area contributed by atoms with E-state index in [1.54, 1.807) is 0 Å². The number of hydrogen-bond donors (Lipinski definition) is 4. The topological polar surface area (TPSA) is 48.1 Å². The van der Waals surface area contributed by atoms with E-state index in [9.17, 15) is 0 Å². The second kappa shape index (κ2) is 9.31. The van der Waals surface area contributed by atoms with Crippen molar-refractivity contribution in [2.75, 3.05) is 0 Å². The molecule has 0 spiro atoms. The maximum Gasteiger partial charge on any atom is 0.167 e. The van der Waals surface area contributed by atoms with E-state index in [0.29, 0.717) is 23.3 Å². The second-order valence-electron chi connectivity index (χ2n) is 6.07. The number of nitrogens with one attached hydrogen (secondary N) is 4. The van der Waals surface area contributed by atoms with Gasteiger partial charge in [-0.3, -0.25) is 0 Å². The van der Waals surface area contributed by atoms with Crippen LogP contribution in [0.25, 0.3) is 0 Å². The summed E-state index contributed by atoms with van der Waals surface area (Å²) < 4.78 is 0. The van der Waals surface area contributed by atoms with Gasteiger partial charge in [-0.25, -0.2) is 0 Å². The van der Waals surface area contributed by atoms with Gasteiger partial charge in [0.1, 0.15) is 0 Å². The Labute approximate surface area is 165 Å². The van der Waals surface area contributed by atoms with Gasteiger partial charge >= 0.3 is 0 Å². The number of rotatable bonds is 6. The summed E-state index contributed by atoms with van der Waals surface area (Å²) in [5, 5.41) is 14.3. The molecule has 2 aliphatic carbocycles. The normalized spacial score (nSPS) is 15.4. The quantitative estimate of drug-likeness (QED) is 0.568. The molecule has 6 heteroatoms. The number of hydrogen-bond acceptors (Lipinski definition) is 2. The smallest absolute Gasteiger partial charge is 0.167 e. The van der Waals surface area contributed by atoms with Gasteiger partial charge in [0, 0.05) is 13.1 Å². The fourth-order valence-electron chi connectivity index (χ4n) is 2.68. The molecule has 0 atom stereocenters. The summed E-state index contributed by atoms with van der Waals surface area (Å²) in [4.78, 5) is 0. The first-order chi connectivity index (χ1) is 12.7. The van der Waals surface area contributed by atoms with Gasteiger partial charge in [-0.2, -0.15) is 0 Å². The van der Waals surface area contributed by atoms with Gasteiger partial charge in [0.25, 0.3) is 0 Å². The lowest BCUT2D eigenvalue weighted by atomic mass is 10.1. The first-order valence-electron chi connectivity index (χ1n) is 8.55. The van der Waals surface area contributed by atoms with Crippen molar-refractivity contribution in [3.05, 3.63) is 84.0 Å². The second-order valence-corrected chi connectivity index (χ2v) is 6.88. The minimum absolute atomic E-state index is 0.184. The average molecular weight is 383 g/mol. The van der Waals surface area contributed by atoms with Crippen LogP contribution in [0, 0.1) is 0 Å². The van der Waals surface area contributed by atoms with Crippen molar-refractivity contribution >= 4 is 34.7 Å². The van der Waals surface area contributed by atoms with Gasteiger partial charge < -0.3 is 21.3 Å². The predicted octanol–water partition coefficient (Wildman–Crippen LogP) is 2.60. The summed E-state index contributed by atoms with van der Waals surface area (Å²) in [5.74, 6) is 0. The summed E-state index contributed by atoms with van der Waals surface area (Å²) in [6.07, 6.45) is 16.3. The fourth-order valence-corrected chi connectivity index (χ4v) is 3.09. The van der Waals surface area contributed by atoms with E-state index in [1.807, 2.05) is 30.4 Å². The Morgan fingerprint density at radius 2 is 1.15 bits per heavy atom. The molecule has 0 fully saturated rings. The monoisotopic (exact) mass is 382 g/mol. The van der Waals surface area contributed by atoms with Crippen LogP contribution >= 0.6 is 24.4 Å². The molecule has 0 saturated carbocycles. The third kappa shape index (κ3) is 5.82. The number of allylic oxidation sites excluding steroid dienone is 4. The Balaban J connectivity index is 1.42. The van der Waals surface area contributed by atoms with Gasteiger partial charge in [-0.05, 0) is 35.6 Å². The highest BCUT2D eigenvalue weighted by Crippen LogP contribution is 2.06. The lowest BCUT2D eigenvalue weighted by Gasteiger charge is -2.15. The lowest BCUT2D eigenvalue weighted by molar-refractivity contribution is 0.811. The van der Waals surface area contributed by atoms with Crippen molar-refractivity contribution in [3.63, 3.8) is 0 Å². The summed E-state index contributed by atoms with van der Waals surface area (Å²) in [5.41, 5.74) is 2.35. The zero-order valence-electron chi connectivity index (χ0n) is 14.3. The molecule has 0 unspecified atom stereocenters.